The van der Waals surface area contributed by atoms with Gasteiger partial charge in [0.2, 0.25) is 0 Å². The molecule has 0 aromatic heterocycles. The second-order valence-electron chi connectivity index (χ2n) is 6.00. The van der Waals surface area contributed by atoms with Crippen LogP contribution in [-0.2, 0) is 9.53 Å². The van der Waals surface area contributed by atoms with E-state index >= 15 is 0 Å². The largest absolute Gasteiger partial charge is 0.456 e. The number of esters is 1. The second kappa shape index (κ2) is 5.11. The molecule has 0 bridgehead atoms. The summed E-state index contributed by atoms with van der Waals surface area (Å²) in [4.78, 5) is 12.0. The van der Waals surface area contributed by atoms with Gasteiger partial charge in [-0.15, -0.1) is 0 Å². The molecule has 0 heterocycles. The number of quaternary nitrogens is 1. The SMILES string of the molecule is C[N+](C)(C)CCOC(=O)C1=CCC2C=CC=CC12. The number of nitrogens with zero attached hydrogens (tertiary/aromatic N) is 1. The van der Waals surface area contributed by atoms with E-state index in [1.807, 2.05) is 12.2 Å². The van der Waals surface area contributed by atoms with Crippen LogP contribution in [-0.4, -0.2) is 44.7 Å². The average Bonchev–Trinajstić information content (AvgIpc) is 2.70. The molecule has 0 spiro atoms. The van der Waals surface area contributed by atoms with Gasteiger partial charge in [-0.05, 0) is 12.3 Å². The van der Waals surface area contributed by atoms with E-state index in [2.05, 4.69) is 39.4 Å². The lowest BCUT2D eigenvalue weighted by atomic mass is 9.87. The van der Waals surface area contributed by atoms with Gasteiger partial charge in [0.05, 0.1) is 21.1 Å². The predicted molar refractivity (Wildman–Crippen MR) is 71.8 cm³/mol. The Bertz CT molecular complexity index is 413. The summed E-state index contributed by atoms with van der Waals surface area (Å²) in [6.45, 7) is 1.32. The molecule has 2 unspecified atom stereocenters. The number of likely N-dealkylation sites (N-methyl/N-ethyl adjacent to an activating group) is 1. The van der Waals surface area contributed by atoms with Crippen LogP contribution in [0.1, 0.15) is 6.42 Å². The van der Waals surface area contributed by atoms with E-state index in [1.165, 1.54) is 0 Å². The molecule has 98 valence electrons. The van der Waals surface area contributed by atoms with Crippen LogP contribution in [0.3, 0.4) is 0 Å². The summed E-state index contributed by atoms with van der Waals surface area (Å²) in [7, 11) is 6.27. The molecular formula is C15H22NO2+. The molecule has 2 atom stereocenters. The van der Waals surface area contributed by atoms with Crippen LogP contribution in [0.15, 0.2) is 36.0 Å². The van der Waals surface area contributed by atoms with Crippen molar-refractivity contribution in [2.45, 2.75) is 6.42 Å². The number of allylic oxidation sites excluding steroid dienone is 5. The summed E-state index contributed by atoms with van der Waals surface area (Å²) < 4.78 is 6.18. The minimum Gasteiger partial charge on any atom is -0.456 e. The maximum absolute atomic E-state index is 12.0. The van der Waals surface area contributed by atoms with Gasteiger partial charge in [0, 0.05) is 11.5 Å². The summed E-state index contributed by atoms with van der Waals surface area (Å²) in [6, 6.07) is 0. The van der Waals surface area contributed by atoms with Crippen LogP contribution in [0.5, 0.6) is 0 Å². The molecule has 2 rings (SSSR count). The van der Waals surface area contributed by atoms with Gasteiger partial charge >= 0.3 is 5.97 Å². The number of hydrogen-bond acceptors (Lipinski definition) is 2. The molecule has 0 aromatic rings. The molecule has 0 fully saturated rings. The van der Waals surface area contributed by atoms with Crippen molar-refractivity contribution in [3.05, 3.63) is 36.0 Å². The van der Waals surface area contributed by atoms with Crippen LogP contribution in [0, 0.1) is 11.8 Å². The van der Waals surface area contributed by atoms with Gasteiger partial charge < -0.3 is 9.22 Å². The number of rotatable bonds is 4. The maximum atomic E-state index is 12.0. The minimum absolute atomic E-state index is 0.143. The lowest BCUT2D eigenvalue weighted by Crippen LogP contribution is -2.38. The van der Waals surface area contributed by atoms with Crippen molar-refractivity contribution < 1.29 is 14.0 Å². The lowest BCUT2D eigenvalue weighted by molar-refractivity contribution is -0.870. The summed E-state index contributed by atoms with van der Waals surface area (Å²) in [5, 5.41) is 0. The zero-order valence-electron chi connectivity index (χ0n) is 11.4. The molecule has 0 radical (unpaired) electrons. The molecule has 0 saturated carbocycles. The van der Waals surface area contributed by atoms with Crippen LogP contribution in [0.25, 0.3) is 0 Å². The van der Waals surface area contributed by atoms with Gasteiger partial charge in [0.1, 0.15) is 13.2 Å². The first-order valence-electron chi connectivity index (χ1n) is 6.50. The highest BCUT2D eigenvalue weighted by atomic mass is 16.5. The Labute approximate surface area is 109 Å². The van der Waals surface area contributed by atoms with Crippen LogP contribution in [0.4, 0.5) is 0 Å². The molecule has 2 aliphatic rings. The Morgan fingerprint density at radius 2 is 2.06 bits per heavy atom. The Kier molecular flexibility index (Phi) is 3.71. The fraction of sp³-hybridized carbons (Fsp3) is 0.533. The summed E-state index contributed by atoms with van der Waals surface area (Å²) in [5.41, 5.74) is 0.835. The molecular weight excluding hydrogens is 226 g/mol. The Balaban J connectivity index is 1.87. The predicted octanol–water partition coefficient (Wildman–Crippen LogP) is 1.92. The van der Waals surface area contributed by atoms with Crippen LogP contribution in [0.2, 0.25) is 0 Å². The molecule has 0 saturated heterocycles. The quantitative estimate of drug-likeness (QED) is 0.561. The van der Waals surface area contributed by atoms with E-state index in [4.69, 9.17) is 4.74 Å². The summed E-state index contributed by atoms with van der Waals surface area (Å²) in [6.07, 6.45) is 11.3. The molecule has 2 aliphatic carbocycles. The lowest BCUT2D eigenvalue weighted by Gasteiger charge is -2.24. The van der Waals surface area contributed by atoms with Crippen molar-refractivity contribution in [3.8, 4) is 0 Å². The van der Waals surface area contributed by atoms with E-state index < -0.39 is 0 Å². The smallest absolute Gasteiger partial charge is 0.334 e. The number of hydrogen-bond donors (Lipinski definition) is 0. The normalized spacial score (nSPS) is 25.8. The third-order valence-electron chi connectivity index (χ3n) is 3.45. The topological polar surface area (TPSA) is 26.3 Å². The van der Waals surface area contributed by atoms with Gasteiger partial charge in [-0.25, -0.2) is 4.79 Å². The van der Waals surface area contributed by atoms with Crippen LogP contribution >= 0.6 is 0 Å². The minimum atomic E-state index is -0.143. The third kappa shape index (κ3) is 3.10. The van der Waals surface area contributed by atoms with Gasteiger partial charge in [-0.3, -0.25) is 0 Å². The van der Waals surface area contributed by atoms with Crippen molar-refractivity contribution in [2.75, 3.05) is 34.3 Å². The van der Waals surface area contributed by atoms with Gasteiger partial charge in [0.25, 0.3) is 0 Å². The number of carbonyl (C=O) groups excluding carboxylic acids is 1. The Morgan fingerprint density at radius 3 is 2.78 bits per heavy atom. The van der Waals surface area contributed by atoms with Crippen molar-refractivity contribution in [3.63, 3.8) is 0 Å². The highest BCUT2D eigenvalue weighted by Crippen LogP contribution is 2.36. The first-order valence-corrected chi connectivity index (χ1v) is 6.50. The molecule has 3 nitrogen and oxygen atoms in total. The van der Waals surface area contributed by atoms with E-state index in [9.17, 15) is 4.79 Å². The maximum Gasteiger partial charge on any atom is 0.334 e. The van der Waals surface area contributed by atoms with Crippen molar-refractivity contribution in [2.24, 2.45) is 11.8 Å². The first kappa shape index (κ1) is 13.1. The highest BCUT2D eigenvalue weighted by molar-refractivity contribution is 5.90. The van der Waals surface area contributed by atoms with Crippen molar-refractivity contribution >= 4 is 5.97 Å². The van der Waals surface area contributed by atoms with E-state index in [0.29, 0.717) is 12.5 Å². The molecule has 0 N–H and O–H groups in total. The van der Waals surface area contributed by atoms with Gasteiger partial charge in [0.15, 0.2) is 0 Å². The zero-order chi connectivity index (χ0) is 13.2. The fourth-order valence-electron chi connectivity index (χ4n) is 2.33. The Morgan fingerprint density at radius 1 is 1.33 bits per heavy atom. The highest BCUT2D eigenvalue weighted by Gasteiger charge is 2.32. The van der Waals surface area contributed by atoms with Crippen LogP contribution < -0.4 is 0 Å². The number of carbonyl (C=O) groups is 1. The number of fused-ring (bicyclic) bond motifs is 1. The molecule has 0 aliphatic heterocycles. The van der Waals surface area contributed by atoms with Crippen molar-refractivity contribution in [1.82, 2.24) is 0 Å². The average molecular weight is 248 g/mol. The van der Waals surface area contributed by atoms with Gasteiger partial charge in [-0.1, -0.05) is 30.4 Å². The summed E-state index contributed by atoms with van der Waals surface area (Å²) >= 11 is 0. The van der Waals surface area contributed by atoms with Crippen molar-refractivity contribution in [1.29, 1.82) is 0 Å². The molecule has 0 amide bonds. The number of ether oxygens (including phenoxy) is 1. The summed E-state index contributed by atoms with van der Waals surface area (Å²) in [5.74, 6) is 0.540. The zero-order valence-corrected chi connectivity index (χ0v) is 11.4. The fourth-order valence-corrected chi connectivity index (χ4v) is 2.33. The van der Waals surface area contributed by atoms with E-state index in [0.717, 1.165) is 23.0 Å². The standard InChI is InChI=1S/C15H22NO2/c1-16(2,3)10-11-18-15(17)14-9-8-12-6-4-5-7-13(12)14/h4-7,9,12-13H,8,10-11H2,1-3H3/q+1. The third-order valence-corrected chi connectivity index (χ3v) is 3.45. The van der Waals surface area contributed by atoms with E-state index in [-0.39, 0.29) is 11.9 Å². The molecule has 3 heteroatoms. The monoisotopic (exact) mass is 248 g/mol. The second-order valence-corrected chi connectivity index (χ2v) is 6.00. The van der Waals surface area contributed by atoms with Gasteiger partial charge in [-0.2, -0.15) is 0 Å². The Hall–Kier alpha value is -1.35. The molecule has 0 aromatic carbocycles. The first-order chi connectivity index (χ1) is 8.47. The van der Waals surface area contributed by atoms with E-state index in [1.54, 1.807) is 0 Å². The molecule has 18 heavy (non-hydrogen) atoms.